The molecule has 2 aliphatic rings. The fourth-order valence-corrected chi connectivity index (χ4v) is 4.61. The molecule has 1 aromatic carbocycles. The maximum absolute atomic E-state index is 12.2. The van der Waals surface area contributed by atoms with Crippen LogP contribution in [0.3, 0.4) is 0 Å². The van der Waals surface area contributed by atoms with E-state index in [1.807, 2.05) is 19.9 Å². The zero-order valence-corrected chi connectivity index (χ0v) is 13.9. The smallest absolute Gasteiger partial charge is 0.161 e. The van der Waals surface area contributed by atoms with E-state index in [4.69, 9.17) is 4.74 Å². The van der Waals surface area contributed by atoms with E-state index in [2.05, 4.69) is 0 Å². The molecule has 0 bridgehead atoms. The monoisotopic (exact) mass is 316 g/mol. The lowest BCUT2D eigenvalue weighted by atomic mass is 9.51. The number of ketones is 1. The molecule has 1 aromatic rings. The predicted molar refractivity (Wildman–Crippen MR) is 87.8 cm³/mol. The Hall–Kier alpha value is -1.81. The number of methoxy groups -OCH3 is 1. The van der Waals surface area contributed by atoms with Crippen molar-refractivity contribution in [2.75, 3.05) is 7.11 Å². The van der Waals surface area contributed by atoms with E-state index < -0.39 is 11.0 Å². The molecule has 4 nitrogen and oxygen atoms in total. The Morgan fingerprint density at radius 1 is 1.39 bits per heavy atom. The summed E-state index contributed by atoms with van der Waals surface area (Å²) in [6, 6.07) is 3.70. The number of hydrogen-bond donors (Lipinski definition) is 2. The number of rotatable bonds is 3. The number of fused-ring (bicyclic) bond motifs is 3. The molecule has 0 saturated carbocycles. The highest BCUT2D eigenvalue weighted by Crippen LogP contribution is 2.58. The second-order valence-electron chi connectivity index (χ2n) is 6.89. The summed E-state index contributed by atoms with van der Waals surface area (Å²) in [7, 11) is 1.51. The first-order chi connectivity index (χ1) is 10.9. The first-order valence-corrected chi connectivity index (χ1v) is 8.23. The van der Waals surface area contributed by atoms with Crippen molar-refractivity contribution < 1.29 is 19.7 Å². The molecule has 0 radical (unpaired) electrons. The number of phenols is 1. The van der Waals surface area contributed by atoms with Crippen LogP contribution in [0.4, 0.5) is 0 Å². The molecule has 0 amide bonds. The van der Waals surface area contributed by atoms with Crippen molar-refractivity contribution in [1.29, 1.82) is 0 Å². The van der Waals surface area contributed by atoms with E-state index in [0.717, 1.165) is 12.0 Å². The van der Waals surface area contributed by atoms with Crippen LogP contribution >= 0.6 is 0 Å². The Morgan fingerprint density at radius 2 is 2.13 bits per heavy atom. The minimum absolute atomic E-state index is 0.00889. The van der Waals surface area contributed by atoms with Gasteiger partial charge in [-0.05, 0) is 42.5 Å². The largest absolute Gasteiger partial charge is 0.504 e. The quantitative estimate of drug-likeness (QED) is 0.900. The van der Waals surface area contributed by atoms with Crippen molar-refractivity contribution in [1.82, 2.24) is 0 Å². The maximum Gasteiger partial charge on any atom is 0.161 e. The van der Waals surface area contributed by atoms with Gasteiger partial charge in [0.15, 0.2) is 17.3 Å². The lowest BCUT2D eigenvalue weighted by Crippen LogP contribution is -2.60. The fourth-order valence-electron chi connectivity index (χ4n) is 4.61. The van der Waals surface area contributed by atoms with Crippen molar-refractivity contribution in [2.24, 2.45) is 5.92 Å². The van der Waals surface area contributed by atoms with Crippen LogP contribution in [0.1, 0.15) is 44.2 Å². The molecule has 3 unspecified atom stereocenters. The molecule has 0 aliphatic heterocycles. The molecule has 0 heterocycles. The molecule has 23 heavy (non-hydrogen) atoms. The number of hydrogen-bond acceptors (Lipinski definition) is 4. The van der Waals surface area contributed by atoms with Gasteiger partial charge in [0, 0.05) is 17.4 Å². The van der Waals surface area contributed by atoms with E-state index in [1.54, 1.807) is 12.1 Å². The van der Waals surface area contributed by atoms with E-state index in [9.17, 15) is 15.0 Å². The van der Waals surface area contributed by atoms with Crippen LogP contribution in [0.15, 0.2) is 24.3 Å². The van der Waals surface area contributed by atoms with Crippen LogP contribution in [-0.2, 0) is 16.6 Å². The first-order valence-electron chi connectivity index (χ1n) is 8.23. The highest BCUT2D eigenvalue weighted by atomic mass is 16.5. The maximum atomic E-state index is 12.2. The molecule has 124 valence electrons. The summed E-state index contributed by atoms with van der Waals surface area (Å²) in [6.45, 7) is 4.04. The molecular formula is C19H24O4. The summed E-state index contributed by atoms with van der Waals surface area (Å²) in [5, 5.41) is 22.3. The molecular weight excluding hydrogens is 292 g/mol. The first kappa shape index (κ1) is 16.1. The van der Waals surface area contributed by atoms with Gasteiger partial charge in [-0.15, -0.1) is 0 Å². The topological polar surface area (TPSA) is 66.8 Å². The van der Waals surface area contributed by atoms with Gasteiger partial charge < -0.3 is 14.9 Å². The molecule has 3 atom stereocenters. The molecule has 0 spiro atoms. The second kappa shape index (κ2) is 5.38. The lowest BCUT2D eigenvalue weighted by Gasteiger charge is -2.55. The Balaban J connectivity index is 2.35. The minimum Gasteiger partial charge on any atom is -0.504 e. The summed E-state index contributed by atoms with van der Waals surface area (Å²) in [5.74, 6) is 0.411. The highest BCUT2D eigenvalue weighted by Gasteiger charge is 2.59. The summed E-state index contributed by atoms with van der Waals surface area (Å²) >= 11 is 0. The van der Waals surface area contributed by atoms with Gasteiger partial charge in [-0.2, -0.15) is 0 Å². The van der Waals surface area contributed by atoms with Crippen molar-refractivity contribution in [3.8, 4) is 11.5 Å². The zero-order valence-electron chi connectivity index (χ0n) is 13.9. The van der Waals surface area contributed by atoms with Gasteiger partial charge in [0.2, 0.25) is 0 Å². The highest BCUT2D eigenvalue weighted by molar-refractivity contribution is 5.93. The minimum atomic E-state index is -1.13. The number of aliphatic hydroxyl groups is 1. The molecule has 3 rings (SSSR count). The van der Waals surface area contributed by atoms with Crippen LogP contribution in [-0.4, -0.2) is 28.7 Å². The summed E-state index contributed by atoms with van der Waals surface area (Å²) in [5.41, 5.74) is -0.235. The third-order valence-electron chi connectivity index (χ3n) is 5.65. The zero-order chi connectivity index (χ0) is 16.8. The predicted octanol–water partition coefficient (Wildman–Crippen LogP) is 2.89. The molecule has 0 saturated heterocycles. The van der Waals surface area contributed by atoms with Crippen LogP contribution in [0.2, 0.25) is 0 Å². The number of benzene rings is 1. The van der Waals surface area contributed by atoms with E-state index in [0.29, 0.717) is 24.2 Å². The summed E-state index contributed by atoms with van der Waals surface area (Å²) in [6.07, 6.45) is 5.47. The number of allylic oxidation sites excluding steroid dienone is 1. The number of aromatic hydroxyl groups is 1. The number of ether oxygens (including phenoxy) is 1. The van der Waals surface area contributed by atoms with Gasteiger partial charge >= 0.3 is 0 Å². The SMILES string of the molecule is CCCC12CC(=O)C=CC1(O)C(C)Cc1ccc(OC)c(O)c12. The third kappa shape index (κ3) is 2.04. The Kier molecular flexibility index (Phi) is 3.75. The van der Waals surface area contributed by atoms with E-state index in [-0.39, 0.29) is 23.9 Å². The molecule has 2 aliphatic carbocycles. The van der Waals surface area contributed by atoms with E-state index in [1.165, 1.54) is 13.2 Å². The van der Waals surface area contributed by atoms with Crippen molar-refractivity contribution in [3.05, 3.63) is 35.4 Å². The van der Waals surface area contributed by atoms with Crippen LogP contribution in [0.5, 0.6) is 11.5 Å². The van der Waals surface area contributed by atoms with Gasteiger partial charge in [0.1, 0.15) is 0 Å². The van der Waals surface area contributed by atoms with Crippen LogP contribution in [0.25, 0.3) is 0 Å². The van der Waals surface area contributed by atoms with Crippen molar-refractivity contribution in [3.63, 3.8) is 0 Å². The molecule has 0 fully saturated rings. The average molecular weight is 316 g/mol. The van der Waals surface area contributed by atoms with Gasteiger partial charge in [-0.3, -0.25) is 4.79 Å². The van der Waals surface area contributed by atoms with Gasteiger partial charge in [0.05, 0.1) is 12.7 Å². The molecule has 0 aromatic heterocycles. The summed E-state index contributed by atoms with van der Waals surface area (Å²) < 4.78 is 5.27. The van der Waals surface area contributed by atoms with Gasteiger partial charge in [-0.1, -0.05) is 26.3 Å². The third-order valence-corrected chi connectivity index (χ3v) is 5.65. The second-order valence-corrected chi connectivity index (χ2v) is 6.89. The standard InChI is InChI=1S/C19H24O4/c1-4-8-18-11-14(20)7-9-19(18,22)12(2)10-13-5-6-15(23-3)17(21)16(13)18/h5-7,9,12,21-22H,4,8,10-11H2,1-3H3. The number of carbonyl (C=O) groups is 1. The Bertz CT molecular complexity index is 678. The van der Waals surface area contributed by atoms with E-state index >= 15 is 0 Å². The van der Waals surface area contributed by atoms with Gasteiger partial charge in [-0.25, -0.2) is 0 Å². The Labute approximate surface area is 136 Å². The van der Waals surface area contributed by atoms with Crippen LogP contribution in [0, 0.1) is 5.92 Å². The molecule has 4 heteroatoms. The van der Waals surface area contributed by atoms with Crippen molar-refractivity contribution in [2.45, 2.75) is 50.5 Å². The van der Waals surface area contributed by atoms with Crippen molar-refractivity contribution >= 4 is 5.78 Å². The molecule has 2 N–H and O–H groups in total. The normalized spacial score (nSPS) is 32.3. The fraction of sp³-hybridized carbons (Fsp3) is 0.526. The number of carbonyl (C=O) groups excluding carboxylic acids is 1. The summed E-state index contributed by atoms with van der Waals surface area (Å²) in [4.78, 5) is 12.2. The Morgan fingerprint density at radius 3 is 2.78 bits per heavy atom. The lowest BCUT2D eigenvalue weighted by molar-refractivity contribution is -0.124. The average Bonchev–Trinajstić information content (AvgIpc) is 2.50. The van der Waals surface area contributed by atoms with Gasteiger partial charge in [0.25, 0.3) is 0 Å². The number of phenolic OH excluding ortho intramolecular Hbond substituents is 1. The van der Waals surface area contributed by atoms with Crippen LogP contribution < -0.4 is 4.74 Å².